The average Bonchev–Trinajstić information content (AvgIpc) is 3.05. The van der Waals surface area contributed by atoms with Gasteiger partial charge in [-0.15, -0.1) is 0 Å². The fraction of sp³-hybridized carbons (Fsp3) is 0.235. The topological polar surface area (TPSA) is 58.4 Å². The van der Waals surface area contributed by atoms with Gasteiger partial charge in [-0.2, -0.15) is 0 Å². The van der Waals surface area contributed by atoms with Gasteiger partial charge in [0.2, 0.25) is 0 Å². The number of hydrogen-bond donors (Lipinski definition) is 2. The summed E-state index contributed by atoms with van der Waals surface area (Å²) in [7, 11) is 0. The molecular formula is C17H18BrN3O. The van der Waals surface area contributed by atoms with Gasteiger partial charge in [0.1, 0.15) is 0 Å². The number of rotatable bonds is 3. The van der Waals surface area contributed by atoms with Gasteiger partial charge >= 0.3 is 0 Å². The number of carbonyl (C=O) groups is 1. The summed E-state index contributed by atoms with van der Waals surface area (Å²) in [5.74, 6) is 0.0689. The molecule has 0 radical (unpaired) electrons. The molecule has 0 aromatic heterocycles. The lowest BCUT2D eigenvalue weighted by atomic mass is 10.1. The highest BCUT2D eigenvalue weighted by atomic mass is 79.9. The molecular weight excluding hydrogens is 342 g/mol. The summed E-state index contributed by atoms with van der Waals surface area (Å²) in [5, 5.41) is 3.26. The van der Waals surface area contributed by atoms with Crippen molar-refractivity contribution in [3.63, 3.8) is 0 Å². The van der Waals surface area contributed by atoms with Gasteiger partial charge in [0.15, 0.2) is 0 Å². The van der Waals surface area contributed by atoms with Crippen LogP contribution in [0.25, 0.3) is 0 Å². The molecule has 114 valence electrons. The minimum atomic E-state index is 0.0689. The lowest BCUT2D eigenvalue weighted by Gasteiger charge is -2.16. The predicted octanol–water partition coefficient (Wildman–Crippen LogP) is 4.01. The SMILES string of the molecule is Nc1cc(C(=O)N2CCCC2)ccc1Nc1ccc(Br)cc1. The van der Waals surface area contributed by atoms with Crippen LogP contribution in [0.1, 0.15) is 23.2 Å². The van der Waals surface area contributed by atoms with Gasteiger partial charge in [0.25, 0.3) is 5.91 Å². The maximum atomic E-state index is 12.4. The second-order valence-corrected chi connectivity index (χ2v) is 6.35. The van der Waals surface area contributed by atoms with Crippen LogP contribution in [0.2, 0.25) is 0 Å². The first-order valence-electron chi connectivity index (χ1n) is 7.35. The first kappa shape index (κ1) is 14.9. The van der Waals surface area contributed by atoms with Crippen molar-refractivity contribution in [3.8, 4) is 0 Å². The molecule has 22 heavy (non-hydrogen) atoms. The Labute approximate surface area is 138 Å². The van der Waals surface area contributed by atoms with Crippen LogP contribution in [0.4, 0.5) is 17.1 Å². The molecule has 0 atom stereocenters. The summed E-state index contributed by atoms with van der Waals surface area (Å²) in [5.41, 5.74) is 9.08. The fourth-order valence-electron chi connectivity index (χ4n) is 2.60. The lowest BCUT2D eigenvalue weighted by Crippen LogP contribution is -2.27. The highest BCUT2D eigenvalue weighted by molar-refractivity contribution is 9.10. The summed E-state index contributed by atoms with van der Waals surface area (Å²) in [6.07, 6.45) is 2.18. The van der Waals surface area contributed by atoms with E-state index in [1.54, 1.807) is 6.07 Å². The molecule has 1 aliphatic rings. The third-order valence-corrected chi connectivity index (χ3v) is 4.34. The van der Waals surface area contributed by atoms with Crippen molar-refractivity contribution in [3.05, 3.63) is 52.5 Å². The third kappa shape index (κ3) is 3.25. The van der Waals surface area contributed by atoms with Crippen LogP contribution in [-0.4, -0.2) is 23.9 Å². The molecule has 0 bridgehead atoms. The van der Waals surface area contributed by atoms with E-state index in [1.165, 1.54) is 0 Å². The van der Waals surface area contributed by atoms with Gasteiger partial charge in [-0.05, 0) is 55.3 Å². The van der Waals surface area contributed by atoms with E-state index in [-0.39, 0.29) is 5.91 Å². The molecule has 3 N–H and O–H groups in total. The van der Waals surface area contributed by atoms with Crippen molar-refractivity contribution in [2.75, 3.05) is 24.1 Å². The Morgan fingerprint density at radius 3 is 2.41 bits per heavy atom. The number of carbonyl (C=O) groups excluding carboxylic acids is 1. The number of nitrogens with zero attached hydrogens (tertiary/aromatic N) is 1. The summed E-state index contributed by atoms with van der Waals surface area (Å²) >= 11 is 3.41. The summed E-state index contributed by atoms with van der Waals surface area (Å²) in [6.45, 7) is 1.69. The highest BCUT2D eigenvalue weighted by Crippen LogP contribution is 2.26. The third-order valence-electron chi connectivity index (χ3n) is 3.82. The normalized spacial score (nSPS) is 14.1. The van der Waals surface area contributed by atoms with Gasteiger partial charge in [0.05, 0.1) is 11.4 Å². The molecule has 0 aliphatic carbocycles. The molecule has 1 fully saturated rings. The second kappa shape index (κ2) is 6.40. The van der Waals surface area contributed by atoms with Gasteiger partial charge in [0, 0.05) is 28.8 Å². The van der Waals surface area contributed by atoms with Crippen LogP contribution in [0.3, 0.4) is 0 Å². The highest BCUT2D eigenvalue weighted by Gasteiger charge is 2.19. The fourth-order valence-corrected chi connectivity index (χ4v) is 2.87. The van der Waals surface area contributed by atoms with E-state index in [0.717, 1.165) is 41.8 Å². The van der Waals surface area contributed by atoms with Gasteiger partial charge in [-0.25, -0.2) is 0 Å². The summed E-state index contributed by atoms with van der Waals surface area (Å²) in [4.78, 5) is 14.2. The Morgan fingerprint density at radius 1 is 1.09 bits per heavy atom. The van der Waals surface area contributed by atoms with Crippen LogP contribution in [0.5, 0.6) is 0 Å². The number of hydrogen-bond acceptors (Lipinski definition) is 3. The molecule has 4 nitrogen and oxygen atoms in total. The minimum absolute atomic E-state index is 0.0689. The zero-order valence-corrected chi connectivity index (χ0v) is 13.8. The standard InChI is InChI=1S/C17H18BrN3O/c18-13-4-6-14(7-5-13)20-16-8-3-12(11-15(16)19)17(22)21-9-1-2-10-21/h3-8,11,20H,1-2,9-10,19H2. The monoisotopic (exact) mass is 359 g/mol. The second-order valence-electron chi connectivity index (χ2n) is 5.43. The Bertz CT molecular complexity index is 679. The smallest absolute Gasteiger partial charge is 0.253 e. The number of nitrogens with two attached hydrogens (primary N) is 1. The lowest BCUT2D eigenvalue weighted by molar-refractivity contribution is 0.0793. The molecule has 1 saturated heterocycles. The van der Waals surface area contributed by atoms with Crippen molar-refractivity contribution in [2.45, 2.75) is 12.8 Å². The van der Waals surface area contributed by atoms with Crippen molar-refractivity contribution < 1.29 is 4.79 Å². The Hall–Kier alpha value is -2.01. The summed E-state index contributed by atoms with van der Waals surface area (Å²) < 4.78 is 1.03. The van der Waals surface area contributed by atoms with Gasteiger partial charge < -0.3 is 16.0 Å². The molecule has 1 aliphatic heterocycles. The Kier molecular flexibility index (Phi) is 4.34. The number of likely N-dealkylation sites (tertiary alicyclic amines) is 1. The molecule has 2 aromatic rings. The maximum absolute atomic E-state index is 12.4. The van der Waals surface area contributed by atoms with Crippen LogP contribution in [0.15, 0.2) is 46.9 Å². The Balaban J connectivity index is 1.77. The number of benzene rings is 2. The van der Waals surface area contributed by atoms with Crippen LogP contribution in [-0.2, 0) is 0 Å². The van der Waals surface area contributed by atoms with Gasteiger partial charge in [-0.3, -0.25) is 4.79 Å². The van der Waals surface area contributed by atoms with Crippen molar-refractivity contribution >= 4 is 38.9 Å². The molecule has 1 heterocycles. The number of nitrogens with one attached hydrogen (secondary N) is 1. The molecule has 0 saturated carbocycles. The number of nitrogen functional groups attached to an aromatic ring is 1. The quantitative estimate of drug-likeness (QED) is 0.813. The van der Waals surface area contributed by atoms with Crippen molar-refractivity contribution in [2.24, 2.45) is 0 Å². The van der Waals surface area contributed by atoms with E-state index in [9.17, 15) is 4.79 Å². The molecule has 0 unspecified atom stereocenters. The van der Waals surface area contributed by atoms with E-state index in [0.29, 0.717) is 11.3 Å². The number of amides is 1. The van der Waals surface area contributed by atoms with Gasteiger partial charge in [-0.1, -0.05) is 15.9 Å². The largest absolute Gasteiger partial charge is 0.397 e. The summed E-state index contributed by atoms with van der Waals surface area (Å²) in [6, 6.07) is 13.3. The maximum Gasteiger partial charge on any atom is 0.253 e. The number of anilines is 3. The van der Waals surface area contributed by atoms with Crippen LogP contribution >= 0.6 is 15.9 Å². The molecule has 0 spiro atoms. The van der Waals surface area contributed by atoms with Crippen molar-refractivity contribution in [1.82, 2.24) is 4.90 Å². The van der Waals surface area contributed by atoms with E-state index < -0.39 is 0 Å². The molecule has 2 aromatic carbocycles. The molecule has 3 rings (SSSR count). The van der Waals surface area contributed by atoms with Crippen molar-refractivity contribution in [1.29, 1.82) is 0 Å². The van der Waals surface area contributed by atoms with E-state index >= 15 is 0 Å². The van der Waals surface area contributed by atoms with Crippen LogP contribution in [0, 0.1) is 0 Å². The van der Waals surface area contributed by atoms with E-state index in [4.69, 9.17) is 5.73 Å². The van der Waals surface area contributed by atoms with E-state index in [1.807, 2.05) is 41.3 Å². The zero-order valence-electron chi connectivity index (χ0n) is 12.2. The zero-order chi connectivity index (χ0) is 15.5. The first-order chi connectivity index (χ1) is 10.6. The Morgan fingerprint density at radius 2 is 1.77 bits per heavy atom. The molecule has 1 amide bonds. The van der Waals surface area contributed by atoms with Crippen LogP contribution < -0.4 is 11.1 Å². The minimum Gasteiger partial charge on any atom is -0.397 e. The first-order valence-corrected chi connectivity index (χ1v) is 8.14. The number of halogens is 1. The molecule has 5 heteroatoms. The average molecular weight is 360 g/mol. The predicted molar refractivity (Wildman–Crippen MR) is 93.4 cm³/mol. The van der Waals surface area contributed by atoms with E-state index in [2.05, 4.69) is 21.2 Å².